The Kier molecular flexibility index (Phi) is 6.43. The van der Waals surface area contributed by atoms with Gasteiger partial charge >= 0.3 is 0 Å². The third kappa shape index (κ3) is 5.05. The molecule has 2 aromatic carbocycles. The fourth-order valence-electron chi connectivity index (χ4n) is 4.80. The van der Waals surface area contributed by atoms with E-state index in [0.717, 1.165) is 11.3 Å². The highest BCUT2D eigenvalue weighted by Crippen LogP contribution is 2.37. The Bertz CT molecular complexity index is 1640. The van der Waals surface area contributed by atoms with E-state index in [0.29, 0.717) is 52.7 Å². The van der Waals surface area contributed by atoms with Crippen LogP contribution in [0.1, 0.15) is 18.9 Å². The van der Waals surface area contributed by atoms with Crippen LogP contribution in [-0.4, -0.2) is 61.1 Å². The number of benzene rings is 2. The standard InChI is InChI=1S/C28H27F2N7O2/c1-3-36-11-10-24(28(29,30)15-36)39-23-6-4-5-21-26(23)27(33-16-31-21)35-19-7-8-22(18(2)13-19)38-20-9-12-37-25(14-20)32-17-34-37/h4-9,12-14,16-17,24H,3,10-11,15H2,1-2H3,(H,31,33,35)/t24-/m1/s1. The highest BCUT2D eigenvalue weighted by Gasteiger charge is 2.46. The average Bonchev–Trinajstić information content (AvgIpc) is 3.39. The number of ether oxygens (including phenoxy) is 2. The van der Waals surface area contributed by atoms with Gasteiger partial charge in [-0.2, -0.15) is 5.10 Å². The first-order valence-corrected chi connectivity index (χ1v) is 12.7. The molecule has 5 aromatic rings. The van der Waals surface area contributed by atoms with Crippen molar-refractivity contribution in [3.05, 3.63) is 72.9 Å². The minimum atomic E-state index is -2.97. The van der Waals surface area contributed by atoms with Crippen molar-refractivity contribution in [1.82, 2.24) is 29.5 Å². The normalized spacial score (nSPS) is 17.4. The molecule has 1 fully saturated rings. The highest BCUT2D eigenvalue weighted by molar-refractivity contribution is 5.95. The molecule has 3 aromatic heterocycles. The Labute approximate surface area is 223 Å². The Balaban J connectivity index is 1.25. The van der Waals surface area contributed by atoms with Crippen LogP contribution in [-0.2, 0) is 0 Å². The lowest BCUT2D eigenvalue weighted by atomic mass is 10.0. The average molecular weight is 532 g/mol. The summed E-state index contributed by atoms with van der Waals surface area (Å²) >= 11 is 0. The number of aryl methyl sites for hydroxylation is 1. The number of rotatable bonds is 7. The van der Waals surface area contributed by atoms with Gasteiger partial charge in [-0.1, -0.05) is 13.0 Å². The number of halogens is 2. The molecule has 0 saturated carbocycles. The van der Waals surface area contributed by atoms with Gasteiger partial charge in [0.1, 0.15) is 35.7 Å². The van der Waals surface area contributed by atoms with Gasteiger partial charge in [0.05, 0.1) is 17.4 Å². The van der Waals surface area contributed by atoms with E-state index in [-0.39, 0.29) is 13.0 Å². The molecule has 6 rings (SSSR count). The summed E-state index contributed by atoms with van der Waals surface area (Å²) in [6, 6.07) is 14.5. The van der Waals surface area contributed by atoms with Crippen molar-refractivity contribution >= 4 is 28.1 Å². The van der Waals surface area contributed by atoms with Gasteiger partial charge in [-0.25, -0.2) is 28.2 Å². The van der Waals surface area contributed by atoms with Crippen LogP contribution in [0.3, 0.4) is 0 Å². The molecule has 4 heterocycles. The SMILES string of the molecule is CCN1CC[C@@H](Oc2cccc3ncnc(Nc4ccc(Oc5ccn6ncnc6c5)c(C)c4)c23)C(F)(F)C1. The van der Waals surface area contributed by atoms with Crippen LogP contribution in [0.5, 0.6) is 17.2 Å². The molecule has 0 aliphatic carbocycles. The summed E-state index contributed by atoms with van der Waals surface area (Å²) in [5.74, 6) is -0.849. The zero-order chi connectivity index (χ0) is 27.0. The quantitative estimate of drug-likeness (QED) is 0.289. The summed E-state index contributed by atoms with van der Waals surface area (Å²) in [4.78, 5) is 14.7. The lowest BCUT2D eigenvalue weighted by Crippen LogP contribution is -2.53. The van der Waals surface area contributed by atoms with Crippen molar-refractivity contribution in [3.8, 4) is 17.2 Å². The second-order valence-electron chi connectivity index (χ2n) is 9.53. The van der Waals surface area contributed by atoms with Gasteiger partial charge in [0, 0.05) is 30.9 Å². The van der Waals surface area contributed by atoms with E-state index >= 15 is 0 Å². The lowest BCUT2D eigenvalue weighted by molar-refractivity contribution is -0.138. The molecule has 1 aliphatic rings. The Morgan fingerprint density at radius 3 is 2.77 bits per heavy atom. The van der Waals surface area contributed by atoms with Crippen LogP contribution in [0, 0.1) is 6.92 Å². The van der Waals surface area contributed by atoms with E-state index in [4.69, 9.17) is 9.47 Å². The molecular formula is C28H27F2N7O2. The molecule has 0 spiro atoms. The molecule has 200 valence electrons. The number of likely N-dealkylation sites (tertiary alicyclic amines) is 1. The highest BCUT2D eigenvalue weighted by atomic mass is 19.3. The third-order valence-electron chi connectivity index (χ3n) is 6.87. The molecule has 1 atom stereocenters. The van der Waals surface area contributed by atoms with Crippen molar-refractivity contribution < 1.29 is 18.3 Å². The molecule has 9 nitrogen and oxygen atoms in total. The van der Waals surface area contributed by atoms with Crippen molar-refractivity contribution in [1.29, 1.82) is 0 Å². The van der Waals surface area contributed by atoms with Gasteiger partial charge in [0.25, 0.3) is 5.92 Å². The fraction of sp³-hybridized carbons (Fsp3) is 0.286. The maximum atomic E-state index is 14.9. The van der Waals surface area contributed by atoms with E-state index in [9.17, 15) is 8.78 Å². The molecule has 11 heteroatoms. The van der Waals surface area contributed by atoms with Gasteiger partial charge in [0.2, 0.25) is 0 Å². The number of hydrogen-bond donors (Lipinski definition) is 1. The van der Waals surface area contributed by atoms with Crippen molar-refractivity contribution in [2.24, 2.45) is 0 Å². The molecular weight excluding hydrogens is 504 g/mol. The molecule has 0 bridgehead atoms. The number of fused-ring (bicyclic) bond motifs is 2. The number of piperidine rings is 1. The summed E-state index contributed by atoms with van der Waals surface area (Å²) in [7, 11) is 0. The van der Waals surface area contributed by atoms with Gasteiger partial charge in [0.15, 0.2) is 11.8 Å². The summed E-state index contributed by atoms with van der Waals surface area (Å²) in [6.07, 6.45) is 3.71. The first kappa shape index (κ1) is 24.9. The van der Waals surface area contributed by atoms with Gasteiger partial charge in [-0.15, -0.1) is 0 Å². The molecule has 39 heavy (non-hydrogen) atoms. The van der Waals surface area contributed by atoms with Crippen molar-refractivity contribution in [3.63, 3.8) is 0 Å². The van der Waals surface area contributed by atoms with E-state index < -0.39 is 12.0 Å². The Hall–Kier alpha value is -4.38. The molecule has 0 amide bonds. The molecule has 0 unspecified atom stereocenters. The minimum absolute atomic E-state index is 0.234. The first-order valence-electron chi connectivity index (χ1n) is 12.7. The van der Waals surface area contributed by atoms with Crippen LogP contribution in [0.25, 0.3) is 16.6 Å². The predicted molar refractivity (Wildman–Crippen MR) is 143 cm³/mol. The predicted octanol–water partition coefficient (Wildman–Crippen LogP) is 5.63. The van der Waals surface area contributed by atoms with E-state index in [2.05, 4.69) is 25.4 Å². The summed E-state index contributed by atoms with van der Waals surface area (Å²) in [6.45, 7) is 4.65. The van der Waals surface area contributed by atoms with E-state index in [1.54, 1.807) is 33.8 Å². The summed E-state index contributed by atoms with van der Waals surface area (Å²) in [5.41, 5.74) is 2.92. The number of nitrogens with zero attached hydrogens (tertiary/aromatic N) is 6. The van der Waals surface area contributed by atoms with Crippen LogP contribution in [0.15, 0.2) is 67.4 Å². The molecule has 1 saturated heterocycles. The smallest absolute Gasteiger partial charge is 0.296 e. The van der Waals surface area contributed by atoms with Crippen molar-refractivity contribution in [2.75, 3.05) is 25.0 Å². The lowest BCUT2D eigenvalue weighted by Gasteiger charge is -2.37. The second kappa shape index (κ2) is 10.1. The van der Waals surface area contributed by atoms with Crippen LogP contribution in [0.4, 0.5) is 20.3 Å². The Morgan fingerprint density at radius 2 is 1.95 bits per heavy atom. The zero-order valence-corrected chi connectivity index (χ0v) is 21.5. The van der Waals surface area contributed by atoms with Crippen LogP contribution < -0.4 is 14.8 Å². The largest absolute Gasteiger partial charge is 0.483 e. The van der Waals surface area contributed by atoms with Crippen molar-refractivity contribution in [2.45, 2.75) is 32.3 Å². The number of pyridine rings is 1. The number of nitrogens with one attached hydrogen (secondary N) is 1. The Morgan fingerprint density at radius 1 is 1.05 bits per heavy atom. The number of hydrogen-bond acceptors (Lipinski definition) is 8. The first-order chi connectivity index (χ1) is 18.9. The zero-order valence-electron chi connectivity index (χ0n) is 21.5. The number of aromatic nitrogens is 5. The van der Waals surface area contributed by atoms with E-state index in [1.165, 1.54) is 12.7 Å². The summed E-state index contributed by atoms with van der Waals surface area (Å²) in [5, 5.41) is 7.95. The number of alkyl halides is 2. The fourth-order valence-corrected chi connectivity index (χ4v) is 4.80. The monoisotopic (exact) mass is 531 g/mol. The maximum Gasteiger partial charge on any atom is 0.296 e. The topological polar surface area (TPSA) is 89.7 Å². The minimum Gasteiger partial charge on any atom is -0.483 e. The third-order valence-corrected chi connectivity index (χ3v) is 6.87. The molecule has 1 N–H and O–H groups in total. The van der Waals surface area contributed by atoms with Gasteiger partial charge in [-0.3, -0.25) is 4.90 Å². The maximum absolute atomic E-state index is 14.9. The molecule has 1 aliphatic heterocycles. The van der Waals surface area contributed by atoms with E-state index in [1.807, 2.05) is 44.2 Å². The van der Waals surface area contributed by atoms with Gasteiger partial charge < -0.3 is 14.8 Å². The summed E-state index contributed by atoms with van der Waals surface area (Å²) < 4.78 is 43.5. The van der Waals surface area contributed by atoms with Gasteiger partial charge in [-0.05, 0) is 55.4 Å². The van der Waals surface area contributed by atoms with Crippen LogP contribution in [0.2, 0.25) is 0 Å². The number of anilines is 2. The van der Waals surface area contributed by atoms with Crippen LogP contribution >= 0.6 is 0 Å². The molecule has 0 radical (unpaired) electrons. The second-order valence-corrected chi connectivity index (χ2v) is 9.53.